The van der Waals surface area contributed by atoms with Crippen molar-refractivity contribution in [2.75, 3.05) is 6.54 Å². The van der Waals surface area contributed by atoms with Gasteiger partial charge in [-0.2, -0.15) is 0 Å². The van der Waals surface area contributed by atoms with E-state index in [2.05, 4.69) is 21.3 Å². The number of nitrogens with one attached hydrogen (secondary N) is 4. The fraction of sp³-hybridized carbons (Fsp3) is 0.567. The van der Waals surface area contributed by atoms with Gasteiger partial charge >= 0.3 is 0 Å². The quantitative estimate of drug-likeness (QED) is 0.318. The molecule has 2 heterocycles. The lowest BCUT2D eigenvalue weighted by molar-refractivity contribution is -0.141. The Labute approximate surface area is 235 Å². The zero-order chi connectivity index (χ0) is 28.8. The molecule has 40 heavy (non-hydrogen) atoms. The molecule has 0 radical (unpaired) electrons. The zero-order valence-electron chi connectivity index (χ0n) is 23.6. The van der Waals surface area contributed by atoms with Gasteiger partial charge in [-0.1, -0.05) is 51.3 Å². The Kier molecular flexibility index (Phi) is 9.60. The maximum atomic E-state index is 13.6. The van der Waals surface area contributed by atoms with Gasteiger partial charge in [0.15, 0.2) is 0 Å². The van der Waals surface area contributed by atoms with Gasteiger partial charge in [0.1, 0.15) is 11.7 Å². The summed E-state index contributed by atoms with van der Waals surface area (Å²) in [4.78, 5) is 65.4. The normalized spacial score (nSPS) is 19.2. The molecule has 0 bridgehead atoms. The van der Waals surface area contributed by atoms with Crippen LogP contribution in [0.25, 0.3) is 10.9 Å². The molecule has 1 aliphatic carbocycles. The minimum Gasteiger partial charge on any atom is -0.356 e. The van der Waals surface area contributed by atoms with Gasteiger partial charge in [-0.05, 0) is 50.2 Å². The summed E-state index contributed by atoms with van der Waals surface area (Å²) in [7, 11) is 1.79. The van der Waals surface area contributed by atoms with Crippen LogP contribution in [0, 0.1) is 11.8 Å². The Hall–Kier alpha value is -3.69. The van der Waals surface area contributed by atoms with Crippen molar-refractivity contribution in [3.63, 3.8) is 0 Å². The highest BCUT2D eigenvalue weighted by molar-refractivity contribution is 6.38. The van der Waals surface area contributed by atoms with E-state index in [4.69, 9.17) is 0 Å². The van der Waals surface area contributed by atoms with Crippen molar-refractivity contribution < 1.29 is 24.0 Å². The summed E-state index contributed by atoms with van der Waals surface area (Å²) in [5.74, 6) is -3.07. The van der Waals surface area contributed by atoms with E-state index in [1.54, 1.807) is 17.7 Å². The molecule has 2 aromatic rings. The molecule has 1 unspecified atom stereocenters. The lowest BCUT2D eigenvalue weighted by Gasteiger charge is -2.26. The molecule has 4 rings (SSSR count). The number of carbonyl (C=O) groups excluding carboxylic acids is 5. The maximum absolute atomic E-state index is 13.6. The molecular formula is C30H41N5O5. The number of hydrogen-bond acceptors (Lipinski definition) is 5. The van der Waals surface area contributed by atoms with Crippen molar-refractivity contribution in [3.05, 3.63) is 36.0 Å². The first-order valence-corrected chi connectivity index (χ1v) is 14.4. The van der Waals surface area contributed by atoms with E-state index >= 15 is 0 Å². The highest BCUT2D eigenvalue weighted by atomic mass is 16.2. The van der Waals surface area contributed by atoms with Crippen molar-refractivity contribution in [2.45, 2.75) is 83.3 Å². The van der Waals surface area contributed by atoms with Crippen LogP contribution in [0.5, 0.6) is 0 Å². The van der Waals surface area contributed by atoms with E-state index in [0.29, 0.717) is 25.1 Å². The number of ketones is 1. The number of para-hydroxylation sites is 1. The molecule has 1 saturated carbocycles. The molecule has 3 atom stereocenters. The van der Waals surface area contributed by atoms with Crippen LogP contribution < -0.4 is 21.3 Å². The summed E-state index contributed by atoms with van der Waals surface area (Å²) < 4.78 is 1.77. The third-order valence-electron chi connectivity index (χ3n) is 7.99. The molecule has 1 aliphatic heterocycles. The molecule has 4 amide bonds. The van der Waals surface area contributed by atoms with E-state index in [-0.39, 0.29) is 24.3 Å². The van der Waals surface area contributed by atoms with Gasteiger partial charge in [0.25, 0.3) is 11.8 Å². The summed E-state index contributed by atoms with van der Waals surface area (Å²) >= 11 is 0. The first kappa shape index (κ1) is 29.3. The highest BCUT2D eigenvalue weighted by Gasteiger charge is 2.36. The fourth-order valence-electron chi connectivity index (χ4n) is 5.76. The zero-order valence-corrected chi connectivity index (χ0v) is 23.6. The number of Topliss-reactive ketones (excluding diaryl/α,β-unsaturated/α-hetero) is 1. The SMILES string of the molecule is CC(C)C[C@H](NC(=O)c1cc2ccccc2n1C)C(=O)NC(C[C@@H]1CCNC1=O)C(=O)C(=O)NC1CCCCC1. The molecule has 1 aromatic heterocycles. The summed E-state index contributed by atoms with van der Waals surface area (Å²) in [6, 6.07) is 7.22. The summed E-state index contributed by atoms with van der Waals surface area (Å²) in [6.07, 6.45) is 5.62. The van der Waals surface area contributed by atoms with Crippen LogP contribution in [0.15, 0.2) is 30.3 Å². The minimum absolute atomic E-state index is 0.0278. The van der Waals surface area contributed by atoms with Crippen molar-refractivity contribution in [1.82, 2.24) is 25.8 Å². The van der Waals surface area contributed by atoms with Gasteiger partial charge in [0, 0.05) is 36.5 Å². The number of aromatic nitrogens is 1. The molecule has 1 aromatic carbocycles. The third kappa shape index (κ3) is 7.08. The molecule has 1 saturated heterocycles. The van der Waals surface area contributed by atoms with Crippen molar-refractivity contribution in [2.24, 2.45) is 18.9 Å². The number of fused-ring (bicyclic) bond motifs is 1. The second kappa shape index (κ2) is 13.1. The Morgan fingerprint density at radius 2 is 1.73 bits per heavy atom. The first-order chi connectivity index (χ1) is 19.1. The summed E-state index contributed by atoms with van der Waals surface area (Å²) in [5.41, 5.74) is 1.30. The number of hydrogen-bond donors (Lipinski definition) is 4. The van der Waals surface area contributed by atoms with E-state index in [1.807, 2.05) is 38.1 Å². The van der Waals surface area contributed by atoms with Gasteiger partial charge in [-0.25, -0.2) is 0 Å². The van der Waals surface area contributed by atoms with Gasteiger partial charge in [-0.15, -0.1) is 0 Å². The number of rotatable bonds is 11. The molecule has 2 fully saturated rings. The van der Waals surface area contributed by atoms with Crippen LogP contribution in [-0.4, -0.2) is 58.6 Å². The summed E-state index contributed by atoms with van der Waals surface area (Å²) in [5, 5.41) is 12.1. The second-order valence-corrected chi connectivity index (χ2v) is 11.5. The van der Waals surface area contributed by atoms with Crippen molar-refractivity contribution >= 4 is 40.3 Å². The number of carbonyl (C=O) groups is 5. The average molecular weight is 552 g/mol. The number of aryl methyl sites for hydroxylation is 1. The Morgan fingerprint density at radius 3 is 2.38 bits per heavy atom. The van der Waals surface area contributed by atoms with Crippen LogP contribution in [-0.2, 0) is 26.2 Å². The molecule has 2 aliphatic rings. The van der Waals surface area contributed by atoms with Crippen molar-refractivity contribution in [1.29, 1.82) is 0 Å². The minimum atomic E-state index is -1.17. The molecule has 10 nitrogen and oxygen atoms in total. The first-order valence-electron chi connectivity index (χ1n) is 14.4. The molecule has 4 N–H and O–H groups in total. The summed E-state index contributed by atoms with van der Waals surface area (Å²) in [6.45, 7) is 4.36. The number of amides is 4. The predicted molar refractivity (Wildman–Crippen MR) is 151 cm³/mol. The average Bonchev–Trinajstić information content (AvgIpc) is 3.50. The monoisotopic (exact) mass is 551 g/mol. The van der Waals surface area contributed by atoms with Crippen LogP contribution in [0.3, 0.4) is 0 Å². The lowest BCUT2D eigenvalue weighted by Crippen LogP contribution is -2.55. The van der Waals surface area contributed by atoms with Gasteiger partial charge in [0.2, 0.25) is 17.6 Å². The largest absolute Gasteiger partial charge is 0.356 e. The van der Waals surface area contributed by atoms with Crippen LogP contribution >= 0.6 is 0 Å². The molecule has 10 heteroatoms. The fourth-order valence-corrected chi connectivity index (χ4v) is 5.76. The maximum Gasteiger partial charge on any atom is 0.289 e. The van der Waals surface area contributed by atoms with E-state index in [9.17, 15) is 24.0 Å². The standard InChI is InChI=1S/C30H41N5O5/c1-18(2)15-23(34-29(39)25-17-19-9-7-8-12-24(19)35(25)3)28(38)33-22(16-20-13-14-31-27(20)37)26(36)30(40)32-21-10-5-4-6-11-21/h7-9,12,17-18,20-23H,4-6,10-11,13-16H2,1-3H3,(H,31,37)(H,32,40)(H,33,38)(H,34,39)/t20-,22?,23-/m0/s1. The van der Waals surface area contributed by atoms with Gasteiger partial charge in [0.05, 0.1) is 6.04 Å². The Morgan fingerprint density at radius 1 is 1.00 bits per heavy atom. The third-order valence-corrected chi connectivity index (χ3v) is 7.99. The van der Waals surface area contributed by atoms with Crippen LogP contribution in [0.2, 0.25) is 0 Å². The topological polar surface area (TPSA) is 138 Å². The smallest absolute Gasteiger partial charge is 0.289 e. The lowest BCUT2D eigenvalue weighted by atomic mass is 9.93. The Bertz CT molecular complexity index is 1260. The van der Waals surface area contributed by atoms with E-state index in [1.165, 1.54) is 0 Å². The number of nitrogens with zero attached hydrogens (tertiary/aromatic N) is 1. The highest BCUT2D eigenvalue weighted by Crippen LogP contribution is 2.21. The van der Waals surface area contributed by atoms with Gasteiger partial charge in [-0.3, -0.25) is 24.0 Å². The van der Waals surface area contributed by atoms with E-state index < -0.39 is 41.5 Å². The van der Waals surface area contributed by atoms with Gasteiger partial charge < -0.3 is 25.8 Å². The Balaban J connectivity index is 1.50. The predicted octanol–water partition coefficient (Wildman–Crippen LogP) is 2.35. The molecule has 0 spiro atoms. The van der Waals surface area contributed by atoms with Crippen LogP contribution in [0.4, 0.5) is 0 Å². The van der Waals surface area contributed by atoms with E-state index in [0.717, 1.165) is 43.0 Å². The second-order valence-electron chi connectivity index (χ2n) is 11.5. The number of benzene rings is 1. The van der Waals surface area contributed by atoms with Crippen molar-refractivity contribution in [3.8, 4) is 0 Å². The molecular weight excluding hydrogens is 510 g/mol. The molecule has 216 valence electrons. The van der Waals surface area contributed by atoms with Crippen LogP contribution in [0.1, 0.15) is 75.7 Å².